The fraction of sp³-hybridized carbons (Fsp3) is 0.222. The first-order valence-electron chi connectivity index (χ1n) is 7.60. The lowest BCUT2D eigenvalue weighted by Gasteiger charge is -2.22. The van der Waals surface area contributed by atoms with Gasteiger partial charge in [0.15, 0.2) is 11.9 Å². The Kier molecular flexibility index (Phi) is 5.01. The third-order valence-electron chi connectivity index (χ3n) is 3.71. The van der Waals surface area contributed by atoms with Crippen LogP contribution < -0.4 is 0 Å². The van der Waals surface area contributed by atoms with E-state index in [9.17, 15) is 4.79 Å². The van der Waals surface area contributed by atoms with Gasteiger partial charge in [-0.1, -0.05) is 41.0 Å². The molecule has 2 aromatic rings. The first kappa shape index (κ1) is 16.3. The highest BCUT2D eigenvalue weighted by Crippen LogP contribution is 2.23. The second-order valence-electron chi connectivity index (χ2n) is 5.43. The summed E-state index contributed by atoms with van der Waals surface area (Å²) in [5.41, 5.74) is 1.64. The molecule has 0 saturated carbocycles. The van der Waals surface area contributed by atoms with Crippen LogP contribution in [0.2, 0.25) is 5.02 Å². The number of carbonyl (C=O) groups excluding carboxylic acids is 1. The van der Waals surface area contributed by atoms with Crippen LogP contribution in [0.15, 0.2) is 64.9 Å². The van der Waals surface area contributed by atoms with Crippen molar-refractivity contribution in [3.05, 3.63) is 71.7 Å². The van der Waals surface area contributed by atoms with Crippen LogP contribution in [0.1, 0.15) is 22.5 Å². The van der Waals surface area contributed by atoms with E-state index in [-0.39, 0.29) is 12.0 Å². The van der Waals surface area contributed by atoms with Crippen LogP contribution in [0.25, 0.3) is 0 Å². The summed E-state index contributed by atoms with van der Waals surface area (Å²) >= 11 is 6.20. The number of nitrogens with zero attached hydrogens (tertiary/aromatic N) is 2. The maximum Gasteiger partial charge on any atom is 0.289 e. The standard InChI is InChI=1S/C18H17ClN2O3/c1-2-9-21(18(22)17-8-5-10-23-17)12-13-11-16(20-24-13)14-6-3-4-7-15(14)19/h2-8,10,13H,1,9,11-12H2. The minimum absolute atomic E-state index is 0.199. The quantitative estimate of drug-likeness (QED) is 0.750. The van der Waals surface area contributed by atoms with Crippen LogP contribution in [0.3, 0.4) is 0 Å². The van der Waals surface area contributed by atoms with E-state index in [4.69, 9.17) is 20.9 Å². The van der Waals surface area contributed by atoms with E-state index in [1.165, 1.54) is 6.26 Å². The number of furan rings is 1. The predicted octanol–water partition coefficient (Wildman–Crippen LogP) is 3.75. The molecule has 1 atom stereocenters. The molecule has 0 saturated heterocycles. The molecule has 6 heteroatoms. The number of halogens is 1. The van der Waals surface area contributed by atoms with E-state index in [2.05, 4.69) is 11.7 Å². The number of oxime groups is 1. The highest BCUT2D eigenvalue weighted by atomic mass is 35.5. The zero-order chi connectivity index (χ0) is 16.9. The van der Waals surface area contributed by atoms with Crippen LogP contribution in [-0.4, -0.2) is 35.7 Å². The average molecular weight is 345 g/mol. The Balaban J connectivity index is 1.66. The van der Waals surface area contributed by atoms with E-state index in [0.717, 1.165) is 11.3 Å². The highest BCUT2D eigenvalue weighted by molar-refractivity contribution is 6.34. The Morgan fingerprint density at radius 1 is 1.38 bits per heavy atom. The topological polar surface area (TPSA) is 55.0 Å². The monoisotopic (exact) mass is 344 g/mol. The average Bonchev–Trinajstić information content (AvgIpc) is 3.26. The summed E-state index contributed by atoms with van der Waals surface area (Å²) in [6.07, 6.45) is 3.51. The van der Waals surface area contributed by atoms with Crippen LogP contribution in [0, 0.1) is 0 Å². The van der Waals surface area contributed by atoms with Crippen molar-refractivity contribution in [2.24, 2.45) is 5.16 Å². The van der Waals surface area contributed by atoms with Crippen molar-refractivity contribution in [1.29, 1.82) is 0 Å². The molecule has 0 radical (unpaired) electrons. The van der Waals surface area contributed by atoms with E-state index in [0.29, 0.717) is 30.3 Å². The predicted molar refractivity (Wildman–Crippen MR) is 92.3 cm³/mol. The third-order valence-corrected chi connectivity index (χ3v) is 4.04. The Morgan fingerprint density at radius 3 is 2.92 bits per heavy atom. The van der Waals surface area contributed by atoms with Crippen molar-refractivity contribution in [3.63, 3.8) is 0 Å². The van der Waals surface area contributed by atoms with Crippen LogP contribution in [-0.2, 0) is 4.84 Å². The molecule has 1 aliphatic heterocycles. The smallest absolute Gasteiger partial charge is 0.289 e. The normalized spacial score (nSPS) is 16.4. The number of benzene rings is 1. The highest BCUT2D eigenvalue weighted by Gasteiger charge is 2.28. The summed E-state index contributed by atoms with van der Waals surface area (Å²) in [4.78, 5) is 19.6. The molecule has 1 aliphatic rings. The van der Waals surface area contributed by atoms with Gasteiger partial charge in [0.1, 0.15) is 0 Å². The van der Waals surface area contributed by atoms with Gasteiger partial charge >= 0.3 is 0 Å². The molecule has 124 valence electrons. The summed E-state index contributed by atoms with van der Waals surface area (Å²) in [7, 11) is 0. The van der Waals surface area contributed by atoms with Gasteiger partial charge in [0, 0.05) is 23.6 Å². The van der Waals surface area contributed by atoms with Gasteiger partial charge in [-0.2, -0.15) is 0 Å². The number of hydrogen-bond donors (Lipinski definition) is 0. The van der Waals surface area contributed by atoms with Crippen LogP contribution in [0.4, 0.5) is 0 Å². The second kappa shape index (κ2) is 7.36. The van der Waals surface area contributed by atoms with Crippen molar-refractivity contribution in [3.8, 4) is 0 Å². The summed E-state index contributed by atoms with van der Waals surface area (Å²) in [6, 6.07) is 10.8. The Bertz CT molecular complexity index is 755. The molecule has 0 fully saturated rings. The van der Waals surface area contributed by atoms with Gasteiger partial charge in [-0.05, 0) is 18.2 Å². The molecular formula is C18H17ClN2O3. The summed E-state index contributed by atoms with van der Waals surface area (Å²) in [6.45, 7) is 4.50. The number of amides is 1. The van der Waals surface area contributed by atoms with Gasteiger partial charge in [-0.15, -0.1) is 6.58 Å². The maximum atomic E-state index is 12.5. The molecule has 0 aliphatic carbocycles. The minimum Gasteiger partial charge on any atom is -0.459 e. The van der Waals surface area contributed by atoms with Gasteiger partial charge < -0.3 is 14.2 Å². The van der Waals surface area contributed by atoms with Gasteiger partial charge in [-0.3, -0.25) is 4.79 Å². The largest absolute Gasteiger partial charge is 0.459 e. The SMILES string of the molecule is C=CCN(CC1CC(c2ccccc2Cl)=NO1)C(=O)c1ccco1. The van der Waals surface area contributed by atoms with Crippen molar-refractivity contribution >= 4 is 23.2 Å². The molecule has 1 aromatic carbocycles. The first-order valence-corrected chi connectivity index (χ1v) is 7.98. The van der Waals surface area contributed by atoms with Crippen LogP contribution >= 0.6 is 11.6 Å². The molecule has 2 heterocycles. The van der Waals surface area contributed by atoms with Crippen molar-refractivity contribution in [2.75, 3.05) is 13.1 Å². The van der Waals surface area contributed by atoms with Gasteiger partial charge in [0.2, 0.25) is 0 Å². The maximum absolute atomic E-state index is 12.5. The number of rotatable bonds is 6. The van der Waals surface area contributed by atoms with Gasteiger partial charge in [0.25, 0.3) is 5.91 Å². The van der Waals surface area contributed by atoms with Crippen LogP contribution in [0.5, 0.6) is 0 Å². The Hall–Kier alpha value is -2.53. The van der Waals surface area contributed by atoms with Crippen molar-refractivity contribution < 1.29 is 14.0 Å². The van der Waals surface area contributed by atoms with E-state index >= 15 is 0 Å². The number of carbonyl (C=O) groups is 1. The molecule has 0 bridgehead atoms. The molecule has 24 heavy (non-hydrogen) atoms. The molecule has 1 amide bonds. The Morgan fingerprint density at radius 2 is 2.21 bits per heavy atom. The van der Waals surface area contributed by atoms with Crippen molar-refractivity contribution in [2.45, 2.75) is 12.5 Å². The zero-order valence-corrected chi connectivity index (χ0v) is 13.8. The summed E-state index contributed by atoms with van der Waals surface area (Å²) in [5, 5.41) is 4.76. The van der Waals surface area contributed by atoms with E-state index in [1.54, 1.807) is 23.1 Å². The number of hydrogen-bond acceptors (Lipinski definition) is 4. The van der Waals surface area contributed by atoms with Gasteiger partial charge in [0.05, 0.1) is 18.5 Å². The summed E-state index contributed by atoms with van der Waals surface area (Å²) < 4.78 is 5.18. The lowest BCUT2D eigenvalue weighted by molar-refractivity contribution is 0.0432. The molecule has 3 rings (SSSR count). The zero-order valence-electron chi connectivity index (χ0n) is 13.0. The third kappa shape index (κ3) is 3.51. The summed E-state index contributed by atoms with van der Waals surface area (Å²) in [5.74, 6) is 0.0942. The first-order chi connectivity index (χ1) is 11.7. The van der Waals surface area contributed by atoms with E-state index < -0.39 is 0 Å². The molecule has 1 unspecified atom stereocenters. The fourth-order valence-electron chi connectivity index (χ4n) is 2.58. The van der Waals surface area contributed by atoms with E-state index in [1.807, 2.05) is 24.3 Å². The molecular weight excluding hydrogens is 328 g/mol. The fourth-order valence-corrected chi connectivity index (χ4v) is 2.82. The molecule has 5 nitrogen and oxygen atoms in total. The molecule has 0 spiro atoms. The lowest BCUT2D eigenvalue weighted by Crippen LogP contribution is -2.37. The van der Waals surface area contributed by atoms with Crippen molar-refractivity contribution in [1.82, 2.24) is 4.90 Å². The molecule has 1 aromatic heterocycles. The minimum atomic E-state index is -0.227. The Labute approximate surface area is 145 Å². The lowest BCUT2D eigenvalue weighted by atomic mass is 10.0. The second-order valence-corrected chi connectivity index (χ2v) is 5.83. The van der Waals surface area contributed by atoms with Gasteiger partial charge in [-0.25, -0.2) is 0 Å². The molecule has 0 N–H and O–H groups in total.